The van der Waals surface area contributed by atoms with Crippen molar-refractivity contribution < 1.29 is 18.7 Å². The van der Waals surface area contributed by atoms with Crippen LogP contribution in [-0.4, -0.2) is 23.5 Å². The number of amides is 2. The van der Waals surface area contributed by atoms with Gasteiger partial charge < -0.3 is 15.4 Å². The third-order valence-electron chi connectivity index (χ3n) is 2.29. The van der Waals surface area contributed by atoms with Gasteiger partial charge in [0.1, 0.15) is 17.3 Å². The maximum atomic E-state index is 13.2. The Balaban J connectivity index is 2.74. The highest BCUT2D eigenvalue weighted by Gasteiger charge is 2.16. The number of alkyl halides is 1. The van der Waals surface area contributed by atoms with Crippen LogP contribution >= 0.6 is 11.6 Å². The van der Waals surface area contributed by atoms with E-state index < -0.39 is 23.4 Å². The first-order valence-electron chi connectivity index (χ1n) is 6.32. The summed E-state index contributed by atoms with van der Waals surface area (Å²) in [5.74, 6) is -1.20. The number of halogens is 2. The minimum absolute atomic E-state index is 0.0904. The quantitative estimate of drug-likeness (QED) is 0.839. The summed E-state index contributed by atoms with van der Waals surface area (Å²) in [5, 5.41) is 5.01. The topological polar surface area (TPSA) is 67.4 Å². The summed E-state index contributed by atoms with van der Waals surface area (Å²) in [4.78, 5) is 22.9. The van der Waals surface area contributed by atoms with Gasteiger partial charge in [0.15, 0.2) is 0 Å². The van der Waals surface area contributed by atoms with Gasteiger partial charge in [-0.3, -0.25) is 4.79 Å². The number of carbonyl (C=O) groups excluding carboxylic acids is 2. The molecule has 0 heterocycles. The predicted molar refractivity (Wildman–Crippen MR) is 78.8 cm³/mol. The van der Waals surface area contributed by atoms with Crippen molar-refractivity contribution >= 4 is 29.3 Å². The van der Waals surface area contributed by atoms with Crippen molar-refractivity contribution in [2.24, 2.45) is 0 Å². The zero-order valence-electron chi connectivity index (χ0n) is 12.1. The number of hydrogen-bond acceptors (Lipinski definition) is 3. The molecule has 0 aliphatic rings. The van der Waals surface area contributed by atoms with Crippen molar-refractivity contribution in [3.8, 4) is 0 Å². The fourth-order valence-corrected chi connectivity index (χ4v) is 1.55. The first kappa shape index (κ1) is 17.2. The first-order chi connectivity index (χ1) is 9.71. The highest BCUT2D eigenvalue weighted by Crippen LogP contribution is 2.17. The SMILES string of the molecule is CC(C)(C)OC(=O)NCc1ccc(F)cc1NC(=O)CCl. The largest absolute Gasteiger partial charge is 0.444 e. The molecule has 0 saturated heterocycles. The summed E-state index contributed by atoms with van der Waals surface area (Å²) >= 11 is 5.40. The molecular weight excluding hydrogens is 299 g/mol. The van der Waals surface area contributed by atoms with Crippen molar-refractivity contribution in [3.05, 3.63) is 29.6 Å². The maximum absolute atomic E-state index is 13.2. The molecule has 5 nitrogen and oxygen atoms in total. The predicted octanol–water partition coefficient (Wildman–Crippen LogP) is 3.03. The number of benzene rings is 1. The van der Waals surface area contributed by atoms with Crippen LogP contribution in [0.3, 0.4) is 0 Å². The Morgan fingerprint density at radius 2 is 2.00 bits per heavy atom. The van der Waals surface area contributed by atoms with Crippen molar-refractivity contribution in [1.29, 1.82) is 0 Å². The van der Waals surface area contributed by atoms with Crippen LogP contribution in [0.15, 0.2) is 18.2 Å². The number of hydrogen-bond donors (Lipinski definition) is 2. The van der Waals surface area contributed by atoms with Crippen LogP contribution < -0.4 is 10.6 Å². The van der Waals surface area contributed by atoms with Gasteiger partial charge in [-0.05, 0) is 38.5 Å². The molecule has 2 amide bonds. The first-order valence-corrected chi connectivity index (χ1v) is 6.86. The number of rotatable bonds is 4. The zero-order valence-corrected chi connectivity index (χ0v) is 12.9. The molecule has 21 heavy (non-hydrogen) atoms. The molecule has 0 unspecified atom stereocenters. The van der Waals surface area contributed by atoms with Gasteiger partial charge in [0, 0.05) is 12.2 Å². The Bertz CT molecular complexity index is 529. The third kappa shape index (κ3) is 6.44. The lowest BCUT2D eigenvalue weighted by Gasteiger charge is -2.20. The van der Waals surface area contributed by atoms with E-state index in [2.05, 4.69) is 10.6 Å². The number of anilines is 1. The molecule has 0 aromatic heterocycles. The second kappa shape index (κ2) is 7.26. The van der Waals surface area contributed by atoms with Crippen LogP contribution in [0.2, 0.25) is 0 Å². The highest BCUT2D eigenvalue weighted by molar-refractivity contribution is 6.29. The van der Waals surface area contributed by atoms with Gasteiger partial charge in [-0.1, -0.05) is 6.07 Å². The number of alkyl carbamates (subject to hydrolysis) is 1. The van der Waals surface area contributed by atoms with Crippen LogP contribution in [-0.2, 0) is 16.1 Å². The zero-order chi connectivity index (χ0) is 16.0. The smallest absolute Gasteiger partial charge is 0.407 e. The van der Waals surface area contributed by atoms with Gasteiger partial charge in [0.2, 0.25) is 5.91 Å². The Labute approximate surface area is 127 Å². The molecule has 0 saturated carbocycles. The molecule has 7 heteroatoms. The summed E-state index contributed by atoms with van der Waals surface area (Å²) in [6, 6.07) is 3.87. The van der Waals surface area contributed by atoms with E-state index in [0.717, 1.165) is 6.07 Å². The molecular formula is C14H18ClFN2O3. The Hall–Kier alpha value is -1.82. The van der Waals surface area contributed by atoms with E-state index in [1.807, 2.05) is 0 Å². The molecule has 0 atom stereocenters. The van der Waals surface area contributed by atoms with E-state index in [0.29, 0.717) is 5.56 Å². The number of carbonyl (C=O) groups is 2. The average molecular weight is 317 g/mol. The van der Waals surface area contributed by atoms with Gasteiger partial charge in [0.05, 0.1) is 0 Å². The lowest BCUT2D eigenvalue weighted by atomic mass is 10.1. The van der Waals surface area contributed by atoms with Crippen LogP contribution in [0.25, 0.3) is 0 Å². The van der Waals surface area contributed by atoms with E-state index in [-0.39, 0.29) is 18.1 Å². The minimum atomic E-state index is -0.609. The summed E-state index contributed by atoms with van der Waals surface area (Å²) in [7, 11) is 0. The maximum Gasteiger partial charge on any atom is 0.407 e. The van der Waals surface area contributed by atoms with Crippen LogP contribution in [0.4, 0.5) is 14.9 Å². The second-order valence-corrected chi connectivity index (χ2v) is 5.61. The van der Waals surface area contributed by atoms with E-state index in [4.69, 9.17) is 16.3 Å². The van der Waals surface area contributed by atoms with Gasteiger partial charge in [-0.15, -0.1) is 11.6 Å². The van der Waals surface area contributed by atoms with Crippen LogP contribution in [0.5, 0.6) is 0 Å². The van der Waals surface area contributed by atoms with Gasteiger partial charge in [-0.25, -0.2) is 9.18 Å². The summed E-state index contributed by atoms with van der Waals surface area (Å²) < 4.78 is 18.3. The van der Waals surface area contributed by atoms with Crippen molar-refractivity contribution in [2.45, 2.75) is 32.9 Å². The Morgan fingerprint density at radius 1 is 1.33 bits per heavy atom. The lowest BCUT2D eigenvalue weighted by Crippen LogP contribution is -2.32. The van der Waals surface area contributed by atoms with Crippen molar-refractivity contribution in [2.75, 3.05) is 11.2 Å². The number of ether oxygens (including phenoxy) is 1. The lowest BCUT2D eigenvalue weighted by molar-refractivity contribution is -0.113. The second-order valence-electron chi connectivity index (χ2n) is 5.34. The molecule has 0 aliphatic carbocycles. The van der Waals surface area contributed by atoms with Crippen molar-refractivity contribution in [1.82, 2.24) is 5.32 Å². The fraction of sp³-hybridized carbons (Fsp3) is 0.429. The standard InChI is InChI=1S/C14H18ClFN2O3/c1-14(2,3)21-13(20)17-8-9-4-5-10(16)6-11(9)18-12(19)7-15/h4-6H,7-8H2,1-3H3,(H,17,20)(H,18,19). The van der Waals surface area contributed by atoms with E-state index in [9.17, 15) is 14.0 Å². The number of nitrogens with one attached hydrogen (secondary N) is 2. The van der Waals surface area contributed by atoms with Crippen molar-refractivity contribution in [3.63, 3.8) is 0 Å². The molecule has 1 aromatic carbocycles. The molecule has 0 radical (unpaired) electrons. The van der Waals surface area contributed by atoms with Gasteiger partial charge in [0.25, 0.3) is 0 Å². The molecule has 1 aromatic rings. The molecule has 0 bridgehead atoms. The molecule has 2 N–H and O–H groups in total. The highest BCUT2D eigenvalue weighted by atomic mass is 35.5. The summed E-state index contributed by atoms with van der Waals surface area (Å²) in [5.41, 5.74) is 0.195. The molecule has 116 valence electrons. The van der Waals surface area contributed by atoms with E-state index >= 15 is 0 Å². The fourth-order valence-electron chi connectivity index (χ4n) is 1.48. The molecule has 0 fully saturated rings. The monoisotopic (exact) mass is 316 g/mol. The van der Waals surface area contributed by atoms with E-state index in [1.54, 1.807) is 20.8 Å². The summed E-state index contributed by atoms with van der Waals surface area (Å²) in [6.45, 7) is 5.33. The summed E-state index contributed by atoms with van der Waals surface area (Å²) in [6.07, 6.45) is -0.596. The minimum Gasteiger partial charge on any atom is -0.444 e. The Morgan fingerprint density at radius 3 is 2.57 bits per heavy atom. The van der Waals surface area contributed by atoms with Gasteiger partial charge >= 0.3 is 6.09 Å². The third-order valence-corrected chi connectivity index (χ3v) is 2.53. The van der Waals surface area contributed by atoms with Gasteiger partial charge in [-0.2, -0.15) is 0 Å². The average Bonchev–Trinajstić information content (AvgIpc) is 2.35. The normalized spacial score (nSPS) is 10.9. The molecule has 1 rings (SSSR count). The van der Waals surface area contributed by atoms with Crippen LogP contribution in [0.1, 0.15) is 26.3 Å². The Kier molecular flexibility index (Phi) is 5.96. The molecule has 0 spiro atoms. The van der Waals surface area contributed by atoms with E-state index in [1.165, 1.54) is 12.1 Å². The molecule has 0 aliphatic heterocycles. The van der Waals surface area contributed by atoms with Crippen LogP contribution in [0, 0.1) is 5.82 Å².